The van der Waals surface area contributed by atoms with E-state index in [-0.39, 0.29) is 18.2 Å². The van der Waals surface area contributed by atoms with Crippen LogP contribution in [0.5, 0.6) is 11.5 Å². The maximum atomic E-state index is 13.0. The largest absolute Gasteiger partial charge is 0.493 e. The van der Waals surface area contributed by atoms with E-state index in [1.165, 1.54) is 18.6 Å². The summed E-state index contributed by atoms with van der Waals surface area (Å²) >= 11 is 0. The van der Waals surface area contributed by atoms with E-state index in [0.717, 1.165) is 36.4 Å². The molecule has 0 saturated carbocycles. The van der Waals surface area contributed by atoms with E-state index in [2.05, 4.69) is 12.2 Å². The third-order valence-electron chi connectivity index (χ3n) is 3.60. The first-order valence-corrected chi connectivity index (χ1v) is 7.98. The van der Waals surface area contributed by atoms with Gasteiger partial charge in [0.15, 0.2) is 11.5 Å². The van der Waals surface area contributed by atoms with E-state index in [1.807, 2.05) is 18.2 Å². The van der Waals surface area contributed by atoms with Crippen molar-refractivity contribution in [3.63, 3.8) is 0 Å². The van der Waals surface area contributed by atoms with Crippen molar-refractivity contribution in [2.45, 2.75) is 32.9 Å². The van der Waals surface area contributed by atoms with Gasteiger partial charge in [-0.1, -0.05) is 37.6 Å². The highest BCUT2D eigenvalue weighted by atomic mass is 35.5. The molecule has 0 saturated heterocycles. The van der Waals surface area contributed by atoms with Crippen LogP contribution in [0.25, 0.3) is 0 Å². The number of hydrogen-bond donors (Lipinski definition) is 1. The summed E-state index contributed by atoms with van der Waals surface area (Å²) in [5, 5.41) is 3.41. The zero-order valence-corrected chi connectivity index (χ0v) is 15.0. The number of para-hydroxylation sites is 1. The molecule has 0 bridgehead atoms. The molecule has 132 valence electrons. The number of nitrogens with one attached hydrogen (secondary N) is 1. The van der Waals surface area contributed by atoms with Crippen molar-refractivity contribution >= 4 is 12.4 Å². The van der Waals surface area contributed by atoms with Gasteiger partial charge >= 0.3 is 0 Å². The smallest absolute Gasteiger partial charge is 0.166 e. The Morgan fingerprint density at radius 3 is 2.50 bits per heavy atom. The maximum Gasteiger partial charge on any atom is 0.166 e. The van der Waals surface area contributed by atoms with Gasteiger partial charge in [-0.3, -0.25) is 0 Å². The van der Waals surface area contributed by atoms with Gasteiger partial charge in [0, 0.05) is 12.1 Å². The third-order valence-corrected chi connectivity index (χ3v) is 3.60. The summed E-state index contributed by atoms with van der Waals surface area (Å²) in [4.78, 5) is 0. The Hall–Kier alpha value is -1.78. The van der Waals surface area contributed by atoms with Gasteiger partial charge < -0.3 is 14.8 Å². The Morgan fingerprint density at radius 1 is 1.08 bits per heavy atom. The van der Waals surface area contributed by atoms with Gasteiger partial charge in [0.2, 0.25) is 0 Å². The number of hydrogen-bond acceptors (Lipinski definition) is 3. The van der Waals surface area contributed by atoms with Crippen molar-refractivity contribution < 1.29 is 13.9 Å². The highest BCUT2D eigenvalue weighted by Gasteiger charge is 2.10. The molecule has 2 aromatic rings. The Labute approximate surface area is 149 Å². The molecule has 0 unspecified atom stereocenters. The lowest BCUT2D eigenvalue weighted by Crippen LogP contribution is -2.15. The zero-order chi connectivity index (χ0) is 16.5. The summed E-state index contributed by atoms with van der Waals surface area (Å²) in [5.41, 5.74) is 1.98. The molecular formula is C19H25ClFNO2. The van der Waals surface area contributed by atoms with E-state index in [9.17, 15) is 4.39 Å². The van der Waals surface area contributed by atoms with Crippen LogP contribution in [0.15, 0.2) is 42.5 Å². The van der Waals surface area contributed by atoms with Crippen LogP contribution in [0.3, 0.4) is 0 Å². The first-order chi connectivity index (χ1) is 11.2. The lowest BCUT2D eigenvalue weighted by Gasteiger charge is -2.15. The van der Waals surface area contributed by atoms with Crippen LogP contribution in [0.2, 0.25) is 0 Å². The van der Waals surface area contributed by atoms with Crippen LogP contribution in [0, 0.1) is 5.82 Å². The van der Waals surface area contributed by atoms with Crippen molar-refractivity contribution in [1.29, 1.82) is 0 Å². The zero-order valence-electron chi connectivity index (χ0n) is 14.2. The number of benzene rings is 2. The molecule has 2 rings (SSSR count). The summed E-state index contributed by atoms with van der Waals surface area (Å²) in [6.45, 7) is 4.26. The number of methoxy groups -OCH3 is 1. The first kappa shape index (κ1) is 20.3. The fraction of sp³-hybridized carbons (Fsp3) is 0.368. The summed E-state index contributed by atoms with van der Waals surface area (Å²) < 4.78 is 24.3. The quantitative estimate of drug-likeness (QED) is 0.661. The van der Waals surface area contributed by atoms with Crippen molar-refractivity contribution in [2.75, 3.05) is 13.7 Å². The second kappa shape index (κ2) is 10.9. The first-order valence-electron chi connectivity index (χ1n) is 7.98. The molecule has 0 atom stereocenters. The molecule has 24 heavy (non-hydrogen) atoms. The minimum absolute atomic E-state index is 0. The molecule has 2 aromatic carbocycles. The minimum Gasteiger partial charge on any atom is -0.493 e. The molecule has 5 heteroatoms. The van der Waals surface area contributed by atoms with E-state index in [1.54, 1.807) is 19.2 Å². The van der Waals surface area contributed by atoms with Crippen LogP contribution in [0.4, 0.5) is 4.39 Å². The van der Waals surface area contributed by atoms with Crippen LogP contribution in [0.1, 0.15) is 30.9 Å². The molecule has 0 spiro atoms. The van der Waals surface area contributed by atoms with Crippen LogP contribution < -0.4 is 14.8 Å². The van der Waals surface area contributed by atoms with Crippen molar-refractivity contribution in [3.05, 3.63) is 59.4 Å². The summed E-state index contributed by atoms with van der Waals surface area (Å²) in [6.07, 6.45) is 2.31. The maximum absolute atomic E-state index is 13.0. The molecule has 3 nitrogen and oxygen atoms in total. The molecule has 0 aliphatic rings. The Balaban J connectivity index is 0.00000288. The summed E-state index contributed by atoms with van der Waals surface area (Å²) in [6, 6.07) is 12.2. The van der Waals surface area contributed by atoms with Gasteiger partial charge in [0.05, 0.1) is 7.11 Å². The molecule has 1 N–H and O–H groups in total. The van der Waals surface area contributed by atoms with Crippen LogP contribution in [-0.4, -0.2) is 13.7 Å². The number of halogens is 2. The average Bonchev–Trinajstić information content (AvgIpc) is 2.58. The monoisotopic (exact) mass is 353 g/mol. The standard InChI is InChI=1S/C19H24FNO2.ClH/c1-3-4-12-21-13-16-6-5-7-18(22-2)19(16)23-14-15-8-10-17(20)11-9-15;/h5-11,21H,3-4,12-14H2,1-2H3;1H. The fourth-order valence-electron chi connectivity index (χ4n) is 2.29. The number of rotatable bonds is 9. The average molecular weight is 354 g/mol. The van der Waals surface area contributed by atoms with Crippen molar-refractivity contribution in [2.24, 2.45) is 0 Å². The van der Waals surface area contributed by atoms with Gasteiger partial charge in [0.1, 0.15) is 12.4 Å². The summed E-state index contributed by atoms with van der Waals surface area (Å²) in [7, 11) is 1.63. The van der Waals surface area contributed by atoms with E-state index < -0.39 is 0 Å². The second-order valence-electron chi connectivity index (χ2n) is 5.39. The van der Waals surface area contributed by atoms with Gasteiger partial charge in [-0.2, -0.15) is 0 Å². The molecular weight excluding hydrogens is 329 g/mol. The summed E-state index contributed by atoms with van der Waals surface area (Å²) in [5.74, 6) is 1.21. The lowest BCUT2D eigenvalue weighted by molar-refractivity contribution is 0.280. The SMILES string of the molecule is CCCCNCc1cccc(OC)c1OCc1ccc(F)cc1.Cl. The van der Waals surface area contributed by atoms with E-state index in [0.29, 0.717) is 12.4 Å². The van der Waals surface area contributed by atoms with Crippen molar-refractivity contribution in [1.82, 2.24) is 5.32 Å². The number of unbranched alkanes of at least 4 members (excludes halogenated alkanes) is 1. The lowest BCUT2D eigenvalue weighted by atomic mass is 10.1. The topological polar surface area (TPSA) is 30.5 Å². The fourth-order valence-corrected chi connectivity index (χ4v) is 2.29. The minimum atomic E-state index is -0.244. The molecule has 0 aliphatic carbocycles. The van der Waals surface area contributed by atoms with E-state index in [4.69, 9.17) is 9.47 Å². The molecule has 0 fully saturated rings. The van der Waals surface area contributed by atoms with Gasteiger partial charge in [-0.15, -0.1) is 12.4 Å². The molecule has 0 aliphatic heterocycles. The Kier molecular flexibility index (Phi) is 9.20. The van der Waals surface area contributed by atoms with Gasteiger partial charge in [-0.05, 0) is 36.7 Å². The van der Waals surface area contributed by atoms with Gasteiger partial charge in [-0.25, -0.2) is 4.39 Å². The Bertz CT molecular complexity index is 605. The van der Waals surface area contributed by atoms with Crippen LogP contribution in [-0.2, 0) is 13.2 Å². The third kappa shape index (κ3) is 6.02. The highest BCUT2D eigenvalue weighted by molar-refractivity contribution is 5.85. The van der Waals surface area contributed by atoms with Gasteiger partial charge in [0.25, 0.3) is 0 Å². The Morgan fingerprint density at radius 2 is 1.83 bits per heavy atom. The van der Waals surface area contributed by atoms with Crippen molar-refractivity contribution in [3.8, 4) is 11.5 Å². The molecule has 0 aromatic heterocycles. The number of ether oxygens (including phenoxy) is 2. The normalized spacial score (nSPS) is 10.1. The predicted octanol–water partition coefficient (Wildman–Crippen LogP) is 4.72. The molecule has 0 heterocycles. The predicted molar refractivity (Wildman–Crippen MR) is 97.6 cm³/mol. The second-order valence-corrected chi connectivity index (χ2v) is 5.39. The highest BCUT2D eigenvalue weighted by Crippen LogP contribution is 2.31. The molecule has 0 radical (unpaired) electrons. The van der Waals surface area contributed by atoms with E-state index >= 15 is 0 Å². The molecule has 0 amide bonds. The van der Waals surface area contributed by atoms with Crippen LogP contribution >= 0.6 is 12.4 Å².